The minimum absolute atomic E-state index is 0.177. The summed E-state index contributed by atoms with van der Waals surface area (Å²) in [6.07, 6.45) is 7.69. The molecule has 0 saturated heterocycles. The van der Waals surface area contributed by atoms with Crippen molar-refractivity contribution in [3.63, 3.8) is 0 Å². The van der Waals surface area contributed by atoms with Crippen molar-refractivity contribution in [2.75, 3.05) is 6.61 Å². The van der Waals surface area contributed by atoms with Gasteiger partial charge in [0, 0.05) is 18.5 Å². The minimum atomic E-state index is -0.946. The molecule has 0 fully saturated rings. The van der Waals surface area contributed by atoms with Gasteiger partial charge in [0.05, 0.1) is 12.2 Å². The van der Waals surface area contributed by atoms with Gasteiger partial charge in [-0.1, -0.05) is 61.9 Å². The first-order chi connectivity index (χ1) is 16.1. The number of dihydropyridines is 1. The molecule has 2 unspecified atom stereocenters. The molecule has 0 radical (unpaired) electrons. The number of nitrogens with one attached hydrogen (secondary N) is 1. The van der Waals surface area contributed by atoms with Crippen LogP contribution in [0.5, 0.6) is 0 Å². The quantitative estimate of drug-likeness (QED) is 0.462. The molecular formula is C28H33NO4. The van der Waals surface area contributed by atoms with Crippen LogP contribution >= 0.6 is 0 Å². The summed E-state index contributed by atoms with van der Waals surface area (Å²) in [5.74, 6) is -0.698. The van der Waals surface area contributed by atoms with E-state index in [1.807, 2.05) is 48.5 Å². The first-order valence-electron chi connectivity index (χ1n) is 11.9. The molecule has 1 aliphatic carbocycles. The zero-order valence-corrected chi connectivity index (χ0v) is 19.2. The normalized spacial score (nSPS) is 20.1. The van der Waals surface area contributed by atoms with E-state index in [2.05, 4.69) is 18.4 Å². The zero-order chi connectivity index (χ0) is 23.2. The van der Waals surface area contributed by atoms with Crippen molar-refractivity contribution >= 4 is 5.97 Å². The molecular weight excluding hydrogens is 414 g/mol. The smallest absolute Gasteiger partial charge is 0.336 e. The highest BCUT2D eigenvalue weighted by molar-refractivity contribution is 5.97. The van der Waals surface area contributed by atoms with Crippen LogP contribution in [0.1, 0.15) is 61.4 Å². The molecule has 0 aromatic heterocycles. The van der Waals surface area contributed by atoms with Crippen molar-refractivity contribution in [1.82, 2.24) is 5.32 Å². The zero-order valence-electron chi connectivity index (χ0n) is 19.2. The Morgan fingerprint density at radius 2 is 1.97 bits per heavy atom. The van der Waals surface area contributed by atoms with Gasteiger partial charge in [0.2, 0.25) is 0 Å². The van der Waals surface area contributed by atoms with E-state index in [-0.39, 0.29) is 25.2 Å². The number of hydrogen-bond acceptors (Lipinski definition) is 4. The number of unbranched alkanes of at least 4 members (excludes halogenated alkanes) is 1. The standard InChI is InChI=1S/C28H33NO4/c1-2-3-8-21-16-29-25-14-13-19(17-30)15-24(25)27(21)33-18-22-11-7-12-23(26(22)28(31)32)20-9-5-4-6-10-20/h4-7,9-12,16,19,27,29-30H,2-3,8,13-15,17-18H2,1H3,(H,31,32). The lowest BCUT2D eigenvalue weighted by molar-refractivity contribution is 0.0650. The number of carboxylic acid groups (broad SMARTS) is 1. The second-order valence-electron chi connectivity index (χ2n) is 8.96. The van der Waals surface area contributed by atoms with Crippen LogP contribution in [0.3, 0.4) is 0 Å². The number of aliphatic hydroxyl groups is 1. The van der Waals surface area contributed by atoms with Gasteiger partial charge in [0.1, 0.15) is 6.10 Å². The van der Waals surface area contributed by atoms with Crippen LogP contribution in [-0.2, 0) is 11.3 Å². The van der Waals surface area contributed by atoms with Crippen LogP contribution in [-0.4, -0.2) is 28.9 Å². The van der Waals surface area contributed by atoms with Crippen LogP contribution in [0.15, 0.2) is 71.6 Å². The Morgan fingerprint density at radius 1 is 1.15 bits per heavy atom. The molecule has 0 amide bonds. The van der Waals surface area contributed by atoms with Crippen molar-refractivity contribution in [3.05, 3.63) is 82.7 Å². The highest BCUT2D eigenvalue weighted by Crippen LogP contribution is 2.38. The van der Waals surface area contributed by atoms with E-state index in [1.54, 1.807) is 0 Å². The number of allylic oxidation sites excluding steroid dienone is 1. The maximum atomic E-state index is 12.3. The summed E-state index contributed by atoms with van der Waals surface area (Å²) >= 11 is 0. The second-order valence-corrected chi connectivity index (χ2v) is 8.96. The van der Waals surface area contributed by atoms with Crippen LogP contribution in [0.25, 0.3) is 11.1 Å². The molecule has 0 spiro atoms. The summed E-state index contributed by atoms with van der Waals surface area (Å²) in [4.78, 5) is 12.3. The van der Waals surface area contributed by atoms with Gasteiger partial charge in [-0.2, -0.15) is 0 Å². The predicted octanol–water partition coefficient (Wildman–Crippen LogP) is 5.66. The Labute approximate surface area is 195 Å². The van der Waals surface area contributed by atoms with E-state index in [9.17, 15) is 15.0 Å². The molecule has 3 N–H and O–H groups in total. The molecule has 5 heteroatoms. The number of aliphatic hydroxyl groups excluding tert-OH is 1. The molecule has 2 aromatic rings. The van der Waals surface area contributed by atoms with Gasteiger partial charge in [-0.05, 0) is 65.9 Å². The molecule has 4 rings (SSSR count). The van der Waals surface area contributed by atoms with Gasteiger partial charge in [-0.25, -0.2) is 4.79 Å². The lowest BCUT2D eigenvalue weighted by atomic mass is 9.80. The molecule has 2 atom stereocenters. The minimum Gasteiger partial charge on any atom is -0.478 e. The van der Waals surface area contributed by atoms with Crippen LogP contribution in [0, 0.1) is 5.92 Å². The monoisotopic (exact) mass is 447 g/mol. The molecule has 2 aromatic carbocycles. The number of rotatable bonds is 9. The van der Waals surface area contributed by atoms with E-state index in [4.69, 9.17) is 4.74 Å². The lowest BCUT2D eigenvalue weighted by Gasteiger charge is -2.36. The summed E-state index contributed by atoms with van der Waals surface area (Å²) in [5.41, 5.74) is 6.16. The predicted molar refractivity (Wildman–Crippen MR) is 130 cm³/mol. The van der Waals surface area contributed by atoms with E-state index >= 15 is 0 Å². The third kappa shape index (κ3) is 5.21. The molecule has 33 heavy (non-hydrogen) atoms. The maximum absolute atomic E-state index is 12.3. The molecule has 5 nitrogen and oxygen atoms in total. The number of ether oxygens (including phenoxy) is 1. The largest absolute Gasteiger partial charge is 0.478 e. The molecule has 0 bridgehead atoms. The first kappa shape index (κ1) is 23.3. The Morgan fingerprint density at radius 3 is 2.70 bits per heavy atom. The second kappa shape index (κ2) is 10.8. The Hall–Kier alpha value is -2.89. The fraction of sp³-hybridized carbons (Fsp3) is 0.393. The topological polar surface area (TPSA) is 78.8 Å². The Bertz CT molecular complexity index is 1040. The van der Waals surface area contributed by atoms with Crippen LogP contribution < -0.4 is 5.32 Å². The number of carbonyl (C=O) groups is 1. The number of carboxylic acids is 1. The van der Waals surface area contributed by atoms with Crippen molar-refractivity contribution < 1.29 is 19.7 Å². The lowest BCUT2D eigenvalue weighted by Crippen LogP contribution is -2.33. The van der Waals surface area contributed by atoms with E-state index in [1.165, 1.54) is 16.8 Å². The van der Waals surface area contributed by atoms with E-state index < -0.39 is 5.97 Å². The summed E-state index contributed by atoms with van der Waals surface area (Å²) < 4.78 is 6.51. The van der Waals surface area contributed by atoms with Crippen molar-refractivity contribution in [1.29, 1.82) is 0 Å². The van der Waals surface area contributed by atoms with Crippen LogP contribution in [0.2, 0.25) is 0 Å². The van der Waals surface area contributed by atoms with Gasteiger partial charge < -0.3 is 20.3 Å². The number of aromatic carboxylic acids is 1. The fourth-order valence-corrected chi connectivity index (χ4v) is 4.91. The van der Waals surface area contributed by atoms with Crippen molar-refractivity contribution in [2.45, 2.75) is 58.2 Å². The molecule has 0 saturated carbocycles. The van der Waals surface area contributed by atoms with Crippen LogP contribution in [0.4, 0.5) is 0 Å². The fourth-order valence-electron chi connectivity index (χ4n) is 4.91. The third-order valence-corrected chi connectivity index (χ3v) is 6.72. The molecule has 1 aliphatic heterocycles. The number of benzene rings is 2. The third-order valence-electron chi connectivity index (χ3n) is 6.72. The Kier molecular flexibility index (Phi) is 7.63. The number of hydrogen-bond donors (Lipinski definition) is 3. The average molecular weight is 448 g/mol. The first-order valence-corrected chi connectivity index (χ1v) is 11.9. The highest BCUT2D eigenvalue weighted by Gasteiger charge is 2.32. The average Bonchev–Trinajstić information content (AvgIpc) is 2.86. The van der Waals surface area contributed by atoms with E-state index in [0.717, 1.165) is 44.1 Å². The summed E-state index contributed by atoms with van der Waals surface area (Å²) in [7, 11) is 0. The van der Waals surface area contributed by atoms with Gasteiger partial charge in [0.15, 0.2) is 0 Å². The Balaban J connectivity index is 1.63. The molecule has 174 valence electrons. The summed E-state index contributed by atoms with van der Waals surface area (Å²) in [6, 6.07) is 15.2. The summed E-state index contributed by atoms with van der Waals surface area (Å²) in [5, 5.41) is 23.3. The van der Waals surface area contributed by atoms with Gasteiger partial charge >= 0.3 is 5.97 Å². The molecule has 2 aliphatic rings. The molecule has 1 heterocycles. The van der Waals surface area contributed by atoms with Gasteiger partial charge in [-0.15, -0.1) is 0 Å². The van der Waals surface area contributed by atoms with Gasteiger partial charge in [0.25, 0.3) is 0 Å². The summed E-state index contributed by atoms with van der Waals surface area (Å²) in [6.45, 7) is 2.57. The van der Waals surface area contributed by atoms with Gasteiger partial charge in [-0.3, -0.25) is 0 Å². The SMILES string of the molecule is CCCCC1=CNC2=C(CC(CO)CC2)C1OCc1cccc(-c2ccccc2)c1C(=O)O. The highest BCUT2D eigenvalue weighted by atomic mass is 16.5. The van der Waals surface area contributed by atoms with E-state index in [0.29, 0.717) is 16.7 Å². The maximum Gasteiger partial charge on any atom is 0.336 e. The van der Waals surface area contributed by atoms with Crippen molar-refractivity contribution in [3.8, 4) is 11.1 Å². The van der Waals surface area contributed by atoms with Crippen molar-refractivity contribution in [2.24, 2.45) is 5.92 Å².